The van der Waals surface area contributed by atoms with Crippen molar-refractivity contribution >= 4 is 0 Å². The van der Waals surface area contributed by atoms with E-state index in [-0.39, 0.29) is 0 Å². The molecule has 3 nitrogen and oxygen atoms in total. The highest BCUT2D eigenvalue weighted by Crippen LogP contribution is 2.16. The molecule has 0 N–H and O–H groups in total. The van der Waals surface area contributed by atoms with E-state index in [1.807, 2.05) is 12.5 Å². The van der Waals surface area contributed by atoms with Gasteiger partial charge in [-0.1, -0.05) is 0 Å². The summed E-state index contributed by atoms with van der Waals surface area (Å²) in [5.74, 6) is 0. The van der Waals surface area contributed by atoms with Crippen LogP contribution in [0.15, 0.2) is 12.5 Å². The normalized spacial score (nSPS) is 17.7. The van der Waals surface area contributed by atoms with E-state index < -0.39 is 0 Å². The van der Waals surface area contributed by atoms with Gasteiger partial charge in [0.15, 0.2) is 0 Å². The molecule has 60 valence electrons. The van der Waals surface area contributed by atoms with Gasteiger partial charge in [0, 0.05) is 18.8 Å². The highest BCUT2D eigenvalue weighted by molar-refractivity contribution is 5.02. The average molecular weight is 151 g/mol. The Labute approximate surface area is 66.6 Å². The third-order valence-electron chi connectivity index (χ3n) is 2.23. The van der Waals surface area contributed by atoms with E-state index in [0.29, 0.717) is 6.04 Å². The SMILES string of the molecule is CC(C)N1Cc2cncn2C1. The third kappa shape index (κ3) is 1.05. The topological polar surface area (TPSA) is 21.1 Å². The van der Waals surface area contributed by atoms with Crippen LogP contribution in [0.3, 0.4) is 0 Å². The van der Waals surface area contributed by atoms with Crippen molar-refractivity contribution in [3.8, 4) is 0 Å². The molecule has 2 heterocycles. The monoisotopic (exact) mass is 151 g/mol. The van der Waals surface area contributed by atoms with Crippen LogP contribution < -0.4 is 0 Å². The van der Waals surface area contributed by atoms with Crippen molar-refractivity contribution in [2.75, 3.05) is 0 Å². The number of fused-ring (bicyclic) bond motifs is 1. The predicted octanol–water partition coefficient (Wildman–Crippen LogP) is 1.06. The molecule has 0 fully saturated rings. The van der Waals surface area contributed by atoms with Crippen LogP contribution in [0, 0.1) is 0 Å². The average Bonchev–Trinajstić information content (AvgIpc) is 2.40. The Hall–Kier alpha value is -0.830. The standard InChI is InChI=1S/C8H13N3/c1-7(2)10-4-8-3-9-5-11(8)6-10/h3,5,7H,4,6H2,1-2H3. The first-order chi connectivity index (χ1) is 5.27. The largest absolute Gasteiger partial charge is 0.320 e. The zero-order valence-electron chi connectivity index (χ0n) is 6.99. The van der Waals surface area contributed by atoms with Crippen molar-refractivity contribution in [2.24, 2.45) is 0 Å². The van der Waals surface area contributed by atoms with Gasteiger partial charge in [-0.2, -0.15) is 0 Å². The molecule has 1 aromatic heterocycles. The Balaban J connectivity index is 2.16. The highest BCUT2D eigenvalue weighted by atomic mass is 15.3. The Kier molecular flexibility index (Phi) is 1.46. The lowest BCUT2D eigenvalue weighted by Crippen LogP contribution is -2.25. The first-order valence-corrected chi connectivity index (χ1v) is 4.00. The van der Waals surface area contributed by atoms with Crippen LogP contribution in [0.1, 0.15) is 19.5 Å². The molecule has 1 aromatic rings. The smallest absolute Gasteiger partial charge is 0.0959 e. The zero-order chi connectivity index (χ0) is 7.84. The second kappa shape index (κ2) is 2.34. The Morgan fingerprint density at radius 1 is 1.55 bits per heavy atom. The molecule has 1 aliphatic heterocycles. The van der Waals surface area contributed by atoms with Gasteiger partial charge in [0.2, 0.25) is 0 Å². The van der Waals surface area contributed by atoms with Gasteiger partial charge in [0.1, 0.15) is 0 Å². The molecule has 0 amide bonds. The lowest BCUT2D eigenvalue weighted by atomic mass is 10.3. The molecule has 0 radical (unpaired) electrons. The van der Waals surface area contributed by atoms with Gasteiger partial charge in [-0.05, 0) is 13.8 Å². The van der Waals surface area contributed by atoms with Gasteiger partial charge in [-0.25, -0.2) is 4.98 Å². The van der Waals surface area contributed by atoms with E-state index in [0.717, 1.165) is 13.2 Å². The van der Waals surface area contributed by atoms with Gasteiger partial charge < -0.3 is 4.57 Å². The summed E-state index contributed by atoms with van der Waals surface area (Å²) in [6.45, 7) is 6.50. The number of rotatable bonds is 1. The van der Waals surface area contributed by atoms with Gasteiger partial charge in [0.25, 0.3) is 0 Å². The van der Waals surface area contributed by atoms with Crippen LogP contribution in [0.4, 0.5) is 0 Å². The van der Waals surface area contributed by atoms with Gasteiger partial charge >= 0.3 is 0 Å². The fourth-order valence-electron chi connectivity index (χ4n) is 1.41. The highest BCUT2D eigenvalue weighted by Gasteiger charge is 2.19. The number of nitrogens with zero attached hydrogens (tertiary/aromatic N) is 3. The molecule has 11 heavy (non-hydrogen) atoms. The lowest BCUT2D eigenvalue weighted by Gasteiger charge is -2.18. The molecule has 0 saturated carbocycles. The third-order valence-corrected chi connectivity index (χ3v) is 2.23. The molecule has 0 unspecified atom stereocenters. The lowest BCUT2D eigenvalue weighted by molar-refractivity contribution is 0.203. The molecule has 2 rings (SSSR count). The summed E-state index contributed by atoms with van der Waals surface area (Å²) < 4.78 is 2.19. The quantitative estimate of drug-likeness (QED) is 0.598. The van der Waals surface area contributed by atoms with E-state index in [1.54, 1.807) is 0 Å². The van der Waals surface area contributed by atoms with E-state index in [4.69, 9.17) is 0 Å². The van der Waals surface area contributed by atoms with Crippen LogP contribution in [0.25, 0.3) is 0 Å². The van der Waals surface area contributed by atoms with Crippen LogP contribution >= 0.6 is 0 Å². The molecular weight excluding hydrogens is 138 g/mol. The Morgan fingerprint density at radius 2 is 2.36 bits per heavy atom. The van der Waals surface area contributed by atoms with Crippen LogP contribution in [0.5, 0.6) is 0 Å². The van der Waals surface area contributed by atoms with Crippen molar-refractivity contribution in [1.82, 2.24) is 14.5 Å². The van der Waals surface area contributed by atoms with E-state index >= 15 is 0 Å². The molecule has 0 saturated heterocycles. The van der Waals surface area contributed by atoms with Gasteiger partial charge in [0.05, 0.1) is 18.7 Å². The van der Waals surface area contributed by atoms with Crippen molar-refractivity contribution in [3.05, 3.63) is 18.2 Å². The minimum Gasteiger partial charge on any atom is -0.320 e. The second-order valence-corrected chi connectivity index (χ2v) is 3.34. The fraction of sp³-hybridized carbons (Fsp3) is 0.625. The maximum Gasteiger partial charge on any atom is 0.0959 e. The summed E-state index contributed by atoms with van der Waals surface area (Å²) in [7, 11) is 0. The summed E-state index contributed by atoms with van der Waals surface area (Å²) in [4.78, 5) is 6.49. The molecule has 3 heteroatoms. The number of imidazole rings is 1. The maximum absolute atomic E-state index is 4.07. The molecule has 1 aliphatic rings. The second-order valence-electron chi connectivity index (χ2n) is 3.34. The Bertz CT molecular complexity index is 231. The predicted molar refractivity (Wildman–Crippen MR) is 42.9 cm³/mol. The van der Waals surface area contributed by atoms with Crippen LogP contribution in [-0.2, 0) is 13.2 Å². The summed E-state index contributed by atoms with van der Waals surface area (Å²) in [6.07, 6.45) is 3.85. The van der Waals surface area contributed by atoms with Crippen LogP contribution in [-0.4, -0.2) is 20.5 Å². The molecule has 0 bridgehead atoms. The molecule has 0 aromatic carbocycles. The molecule has 0 aliphatic carbocycles. The van der Waals surface area contributed by atoms with Crippen molar-refractivity contribution < 1.29 is 0 Å². The van der Waals surface area contributed by atoms with Crippen molar-refractivity contribution in [3.63, 3.8) is 0 Å². The summed E-state index contributed by atoms with van der Waals surface area (Å²) in [5.41, 5.74) is 1.33. The first-order valence-electron chi connectivity index (χ1n) is 4.00. The summed E-state index contributed by atoms with van der Waals surface area (Å²) in [5, 5.41) is 0. The number of aromatic nitrogens is 2. The van der Waals surface area contributed by atoms with E-state index in [1.165, 1.54) is 5.69 Å². The minimum absolute atomic E-state index is 0.634. The van der Waals surface area contributed by atoms with E-state index in [9.17, 15) is 0 Å². The fourth-order valence-corrected chi connectivity index (χ4v) is 1.41. The van der Waals surface area contributed by atoms with Crippen molar-refractivity contribution in [2.45, 2.75) is 33.1 Å². The van der Waals surface area contributed by atoms with Gasteiger partial charge in [-0.3, -0.25) is 4.90 Å². The molecule has 0 atom stereocenters. The van der Waals surface area contributed by atoms with E-state index in [2.05, 4.69) is 28.3 Å². The van der Waals surface area contributed by atoms with Gasteiger partial charge in [-0.15, -0.1) is 0 Å². The molecule has 0 spiro atoms. The zero-order valence-corrected chi connectivity index (χ0v) is 6.99. The minimum atomic E-state index is 0.634. The number of hydrogen-bond donors (Lipinski definition) is 0. The summed E-state index contributed by atoms with van der Waals surface area (Å²) >= 11 is 0. The van der Waals surface area contributed by atoms with Crippen molar-refractivity contribution in [1.29, 1.82) is 0 Å². The Morgan fingerprint density at radius 3 is 3.00 bits per heavy atom. The maximum atomic E-state index is 4.07. The molecular formula is C8H13N3. The first kappa shape index (κ1) is 6.85. The number of hydrogen-bond acceptors (Lipinski definition) is 2. The van der Waals surface area contributed by atoms with Crippen LogP contribution in [0.2, 0.25) is 0 Å². The summed E-state index contributed by atoms with van der Waals surface area (Å²) in [6, 6.07) is 0.634.